The van der Waals surface area contributed by atoms with E-state index in [1.165, 1.54) is 0 Å². The molecule has 130 valence electrons. The van der Waals surface area contributed by atoms with Gasteiger partial charge in [-0.25, -0.2) is 4.79 Å². The summed E-state index contributed by atoms with van der Waals surface area (Å²) in [4.78, 5) is 11.1. The van der Waals surface area contributed by atoms with Gasteiger partial charge in [-0.15, -0.1) is 0 Å². The predicted molar refractivity (Wildman–Crippen MR) is 97.6 cm³/mol. The van der Waals surface area contributed by atoms with Gasteiger partial charge < -0.3 is 15.2 Å². The van der Waals surface area contributed by atoms with Gasteiger partial charge in [-0.1, -0.05) is 70.2 Å². The predicted octanol–water partition coefficient (Wildman–Crippen LogP) is 5.10. The Bertz CT molecular complexity index is 611. The Morgan fingerprint density at radius 3 is 2.25 bits per heavy atom. The molecule has 4 heteroatoms. The van der Waals surface area contributed by atoms with E-state index >= 15 is 0 Å². The highest BCUT2D eigenvalue weighted by atomic mass is 16.5. The van der Waals surface area contributed by atoms with Crippen molar-refractivity contribution in [1.29, 1.82) is 0 Å². The minimum Gasteiger partial charge on any atom is -0.493 e. The molecule has 1 unspecified atom stereocenters. The Hall–Kier alpha value is -2.49. The molecule has 0 fully saturated rings. The molecular weight excluding hydrogens is 302 g/mol. The average molecular weight is 329 g/mol. The SMILES string of the molecule is CC.CC(C)COc1cccc(C(NC(=O)O)c2ccccc2)c1. The first-order valence-electron chi connectivity index (χ1n) is 8.33. The van der Waals surface area contributed by atoms with Crippen LogP contribution in [-0.4, -0.2) is 17.8 Å². The van der Waals surface area contributed by atoms with Crippen molar-refractivity contribution >= 4 is 6.09 Å². The van der Waals surface area contributed by atoms with Crippen molar-refractivity contribution in [1.82, 2.24) is 5.32 Å². The molecule has 24 heavy (non-hydrogen) atoms. The van der Waals surface area contributed by atoms with E-state index in [1.54, 1.807) is 0 Å². The van der Waals surface area contributed by atoms with Gasteiger partial charge in [0.15, 0.2) is 0 Å². The van der Waals surface area contributed by atoms with E-state index in [2.05, 4.69) is 19.2 Å². The molecule has 1 atom stereocenters. The summed E-state index contributed by atoms with van der Waals surface area (Å²) in [6.45, 7) is 8.80. The van der Waals surface area contributed by atoms with Gasteiger partial charge in [0.1, 0.15) is 5.75 Å². The second kappa shape index (κ2) is 10.3. The number of rotatable bonds is 6. The summed E-state index contributed by atoms with van der Waals surface area (Å²) in [6, 6.07) is 16.6. The van der Waals surface area contributed by atoms with Crippen molar-refractivity contribution in [3.63, 3.8) is 0 Å². The van der Waals surface area contributed by atoms with Crippen LogP contribution in [0.25, 0.3) is 0 Å². The number of hydrogen-bond donors (Lipinski definition) is 2. The molecule has 0 aliphatic carbocycles. The maximum atomic E-state index is 11.1. The molecule has 0 bridgehead atoms. The van der Waals surface area contributed by atoms with Crippen molar-refractivity contribution in [2.45, 2.75) is 33.7 Å². The summed E-state index contributed by atoms with van der Waals surface area (Å²) >= 11 is 0. The van der Waals surface area contributed by atoms with Gasteiger partial charge in [0, 0.05) is 0 Å². The van der Waals surface area contributed by atoms with Crippen LogP contribution >= 0.6 is 0 Å². The first-order chi connectivity index (χ1) is 11.6. The van der Waals surface area contributed by atoms with Crippen LogP contribution in [0.5, 0.6) is 5.75 Å². The lowest BCUT2D eigenvalue weighted by molar-refractivity contribution is 0.191. The van der Waals surface area contributed by atoms with E-state index < -0.39 is 12.1 Å². The van der Waals surface area contributed by atoms with Gasteiger partial charge in [0.2, 0.25) is 0 Å². The molecule has 0 spiro atoms. The van der Waals surface area contributed by atoms with Crippen LogP contribution in [0.1, 0.15) is 44.9 Å². The second-order valence-corrected chi connectivity index (χ2v) is 5.57. The summed E-state index contributed by atoms with van der Waals surface area (Å²) in [6.07, 6.45) is -1.05. The summed E-state index contributed by atoms with van der Waals surface area (Å²) in [5.41, 5.74) is 1.75. The summed E-state index contributed by atoms with van der Waals surface area (Å²) < 4.78 is 5.72. The molecule has 4 nitrogen and oxygen atoms in total. The molecule has 0 saturated heterocycles. The lowest BCUT2D eigenvalue weighted by Gasteiger charge is -2.19. The standard InChI is InChI=1S/C18H21NO3.C2H6/c1-13(2)12-22-16-10-6-9-15(11-16)17(19-18(20)21)14-7-4-3-5-8-14;1-2/h3-11,13,17,19H,12H2,1-2H3,(H,20,21);1-2H3. The third kappa shape index (κ3) is 6.32. The molecule has 2 N–H and O–H groups in total. The maximum Gasteiger partial charge on any atom is 0.405 e. The minimum atomic E-state index is -1.05. The largest absolute Gasteiger partial charge is 0.493 e. The molecular formula is C20H27NO3. The van der Waals surface area contributed by atoms with E-state index in [4.69, 9.17) is 9.84 Å². The van der Waals surface area contributed by atoms with Gasteiger partial charge in [-0.05, 0) is 29.2 Å². The van der Waals surface area contributed by atoms with Gasteiger partial charge in [-0.2, -0.15) is 0 Å². The van der Waals surface area contributed by atoms with E-state index in [0.29, 0.717) is 12.5 Å². The van der Waals surface area contributed by atoms with Crippen molar-refractivity contribution in [2.24, 2.45) is 5.92 Å². The van der Waals surface area contributed by atoms with Crippen molar-refractivity contribution in [2.75, 3.05) is 6.61 Å². The van der Waals surface area contributed by atoms with Crippen LogP contribution in [0.4, 0.5) is 4.79 Å². The Labute approximate surface area is 144 Å². The Balaban J connectivity index is 0.00000139. The Morgan fingerprint density at radius 1 is 1.04 bits per heavy atom. The zero-order valence-electron chi connectivity index (χ0n) is 14.8. The zero-order valence-corrected chi connectivity index (χ0v) is 14.8. The molecule has 0 aliphatic heterocycles. The smallest absolute Gasteiger partial charge is 0.405 e. The van der Waals surface area contributed by atoms with Crippen molar-refractivity contribution in [3.8, 4) is 5.75 Å². The third-order valence-electron chi connectivity index (χ3n) is 3.18. The fourth-order valence-corrected chi connectivity index (χ4v) is 2.17. The van der Waals surface area contributed by atoms with Crippen LogP contribution < -0.4 is 10.1 Å². The molecule has 2 rings (SSSR count). The average Bonchev–Trinajstić information content (AvgIpc) is 2.60. The van der Waals surface area contributed by atoms with E-state index in [0.717, 1.165) is 16.9 Å². The summed E-state index contributed by atoms with van der Waals surface area (Å²) in [5, 5.41) is 11.7. The fraction of sp³-hybridized carbons (Fsp3) is 0.350. The van der Waals surface area contributed by atoms with E-state index in [9.17, 15) is 4.79 Å². The van der Waals surface area contributed by atoms with Crippen molar-refractivity contribution < 1.29 is 14.6 Å². The molecule has 1 amide bonds. The van der Waals surface area contributed by atoms with Crippen LogP contribution in [0.15, 0.2) is 54.6 Å². The number of ether oxygens (including phenoxy) is 1. The molecule has 0 heterocycles. The van der Waals surface area contributed by atoms with Crippen LogP contribution in [-0.2, 0) is 0 Å². The van der Waals surface area contributed by atoms with E-state index in [1.807, 2.05) is 68.4 Å². The number of benzene rings is 2. The second-order valence-electron chi connectivity index (χ2n) is 5.57. The fourth-order valence-electron chi connectivity index (χ4n) is 2.17. The summed E-state index contributed by atoms with van der Waals surface area (Å²) in [5.74, 6) is 1.19. The molecule has 0 aliphatic rings. The number of amides is 1. The van der Waals surface area contributed by atoms with Crippen LogP contribution in [0.2, 0.25) is 0 Å². The normalized spacial score (nSPS) is 11.2. The first kappa shape index (κ1) is 19.6. The monoisotopic (exact) mass is 329 g/mol. The Morgan fingerprint density at radius 2 is 1.67 bits per heavy atom. The molecule has 2 aromatic rings. The first-order valence-corrected chi connectivity index (χ1v) is 8.33. The number of hydrogen-bond acceptors (Lipinski definition) is 2. The highest BCUT2D eigenvalue weighted by Gasteiger charge is 2.16. The number of carboxylic acid groups (broad SMARTS) is 1. The van der Waals surface area contributed by atoms with Gasteiger partial charge in [0.25, 0.3) is 0 Å². The van der Waals surface area contributed by atoms with Gasteiger partial charge in [-0.3, -0.25) is 0 Å². The number of carbonyl (C=O) groups is 1. The van der Waals surface area contributed by atoms with Gasteiger partial charge >= 0.3 is 6.09 Å². The summed E-state index contributed by atoms with van der Waals surface area (Å²) in [7, 11) is 0. The third-order valence-corrected chi connectivity index (χ3v) is 3.18. The highest BCUT2D eigenvalue weighted by Crippen LogP contribution is 2.25. The Kier molecular flexibility index (Phi) is 8.41. The number of nitrogens with one attached hydrogen (secondary N) is 1. The van der Waals surface area contributed by atoms with Crippen molar-refractivity contribution in [3.05, 3.63) is 65.7 Å². The van der Waals surface area contributed by atoms with Gasteiger partial charge in [0.05, 0.1) is 12.6 Å². The van der Waals surface area contributed by atoms with Crippen LogP contribution in [0, 0.1) is 5.92 Å². The molecule has 0 radical (unpaired) electrons. The lowest BCUT2D eigenvalue weighted by Crippen LogP contribution is -2.27. The quantitative estimate of drug-likeness (QED) is 0.774. The molecule has 2 aromatic carbocycles. The zero-order chi connectivity index (χ0) is 17.9. The highest BCUT2D eigenvalue weighted by molar-refractivity contribution is 5.66. The van der Waals surface area contributed by atoms with E-state index in [-0.39, 0.29) is 0 Å². The topological polar surface area (TPSA) is 58.6 Å². The lowest BCUT2D eigenvalue weighted by atomic mass is 9.98. The minimum absolute atomic E-state index is 0.415. The maximum absolute atomic E-state index is 11.1. The molecule has 0 saturated carbocycles. The van der Waals surface area contributed by atoms with Crippen LogP contribution in [0.3, 0.4) is 0 Å². The molecule has 0 aromatic heterocycles.